The van der Waals surface area contributed by atoms with Gasteiger partial charge in [0.15, 0.2) is 5.78 Å². The number of ketones is 1. The maximum Gasteiger partial charge on any atom is 0.321 e. The Hall–Kier alpha value is -2.19. The van der Waals surface area contributed by atoms with Gasteiger partial charge in [0.05, 0.1) is 16.2 Å². The number of hydrogen-bond acceptors (Lipinski definition) is 4. The first kappa shape index (κ1) is 22.9. The number of methoxy groups -OCH3 is 1. The first-order valence-electron chi connectivity index (χ1n) is 8.74. The van der Waals surface area contributed by atoms with Crippen LogP contribution in [0.3, 0.4) is 0 Å². The fraction of sp³-hybridized carbons (Fsp3) is 0.364. The Balaban J connectivity index is 0.00000176. The SMILES string of the molecule is COC(=O)C(C(=O)c1c(C)cc(C(C)(C)C)cc1C)c1ccccc1.O=[PH3]. The predicted octanol–water partition coefficient (Wildman–Crippen LogP) is 4.68. The van der Waals surface area contributed by atoms with Gasteiger partial charge >= 0.3 is 5.97 Å². The molecule has 0 amide bonds. The summed E-state index contributed by atoms with van der Waals surface area (Å²) in [5.74, 6) is -1.69. The van der Waals surface area contributed by atoms with Gasteiger partial charge in [-0.2, -0.15) is 0 Å². The van der Waals surface area contributed by atoms with E-state index in [0.717, 1.165) is 11.1 Å². The molecule has 2 aromatic carbocycles. The molecule has 0 radical (unpaired) electrons. The quantitative estimate of drug-likeness (QED) is 0.330. The van der Waals surface area contributed by atoms with Crippen LogP contribution in [-0.2, 0) is 19.5 Å². The van der Waals surface area contributed by atoms with Crippen molar-refractivity contribution < 1.29 is 18.9 Å². The lowest BCUT2D eigenvalue weighted by molar-refractivity contribution is -0.141. The molecule has 146 valence electrons. The van der Waals surface area contributed by atoms with Crippen molar-refractivity contribution in [2.75, 3.05) is 7.11 Å². The second kappa shape index (κ2) is 9.66. The van der Waals surface area contributed by atoms with E-state index in [9.17, 15) is 9.59 Å². The Labute approximate surface area is 163 Å². The molecule has 0 spiro atoms. The van der Waals surface area contributed by atoms with E-state index in [1.54, 1.807) is 12.1 Å². The molecule has 0 aliphatic heterocycles. The molecule has 2 rings (SSSR count). The summed E-state index contributed by atoms with van der Waals surface area (Å²) in [6.45, 7) is 10.3. The van der Waals surface area contributed by atoms with Crippen molar-refractivity contribution in [3.63, 3.8) is 0 Å². The van der Waals surface area contributed by atoms with Crippen molar-refractivity contribution in [2.45, 2.75) is 46.0 Å². The van der Waals surface area contributed by atoms with Crippen molar-refractivity contribution in [3.8, 4) is 0 Å². The second-order valence-corrected chi connectivity index (χ2v) is 7.47. The molecule has 0 heterocycles. The molecule has 0 aromatic heterocycles. The number of carbonyl (C=O) groups excluding carboxylic acids is 2. The average Bonchev–Trinajstić information content (AvgIpc) is 2.63. The van der Waals surface area contributed by atoms with Crippen molar-refractivity contribution in [2.24, 2.45) is 0 Å². The number of Topliss-reactive ketones (excluding diaryl/α,β-unsaturated/α-hetero) is 1. The van der Waals surface area contributed by atoms with Gasteiger partial charge < -0.3 is 9.30 Å². The topological polar surface area (TPSA) is 60.4 Å². The Kier molecular flexibility index (Phi) is 8.18. The standard InChI is InChI=1S/C22H26O3.H3OP/c1-14-12-17(22(3,4)5)13-15(2)18(14)20(23)19(21(24)25-6)16-10-8-7-9-11-16;1-2/h7-13,19H,1-6H3;2H3. The van der Waals surface area contributed by atoms with Gasteiger partial charge in [-0.25, -0.2) is 0 Å². The fourth-order valence-corrected chi connectivity index (χ4v) is 3.09. The molecule has 0 saturated carbocycles. The number of hydrogen-bond donors (Lipinski definition) is 0. The minimum atomic E-state index is -0.941. The molecule has 0 aliphatic rings. The van der Waals surface area contributed by atoms with Crippen molar-refractivity contribution in [3.05, 3.63) is 70.3 Å². The molecule has 0 aliphatic carbocycles. The highest BCUT2D eigenvalue weighted by molar-refractivity contribution is 7.00. The van der Waals surface area contributed by atoms with Gasteiger partial charge in [-0.1, -0.05) is 63.2 Å². The van der Waals surface area contributed by atoms with E-state index in [-0.39, 0.29) is 11.2 Å². The highest BCUT2D eigenvalue weighted by atomic mass is 31.0. The number of carbonyl (C=O) groups is 2. The third-order valence-corrected chi connectivity index (χ3v) is 4.48. The lowest BCUT2D eigenvalue weighted by Gasteiger charge is -2.23. The summed E-state index contributed by atoms with van der Waals surface area (Å²) < 4.78 is 13.2. The summed E-state index contributed by atoms with van der Waals surface area (Å²) in [4.78, 5) is 25.6. The van der Waals surface area contributed by atoms with E-state index < -0.39 is 11.9 Å². The number of aryl methyl sites for hydroxylation is 2. The van der Waals surface area contributed by atoms with Crippen LogP contribution in [0, 0.1) is 13.8 Å². The largest absolute Gasteiger partial charge is 0.468 e. The Morgan fingerprint density at radius 3 is 1.85 bits per heavy atom. The molecule has 2 atom stereocenters. The minimum Gasteiger partial charge on any atom is -0.468 e. The molecular weight excluding hydrogens is 359 g/mol. The van der Waals surface area contributed by atoms with Crippen molar-refractivity contribution in [1.29, 1.82) is 0 Å². The molecule has 27 heavy (non-hydrogen) atoms. The van der Waals surface area contributed by atoms with Gasteiger partial charge in [0.1, 0.15) is 5.92 Å². The van der Waals surface area contributed by atoms with Crippen LogP contribution in [0.25, 0.3) is 0 Å². The van der Waals surface area contributed by atoms with Crippen LogP contribution in [-0.4, -0.2) is 18.9 Å². The first-order valence-corrected chi connectivity index (χ1v) is 9.32. The average molecular weight is 388 g/mol. The smallest absolute Gasteiger partial charge is 0.321 e. The summed E-state index contributed by atoms with van der Waals surface area (Å²) in [5, 5.41) is 0. The summed E-state index contributed by atoms with van der Waals surface area (Å²) in [6, 6.07) is 13.2. The summed E-state index contributed by atoms with van der Waals surface area (Å²) in [7, 11) is 1.92. The zero-order valence-corrected chi connectivity index (χ0v) is 18.4. The zero-order chi connectivity index (χ0) is 20.8. The molecular formula is C22H29O4P. The van der Waals surface area contributed by atoms with Crippen LogP contribution >= 0.6 is 9.12 Å². The number of rotatable bonds is 4. The van der Waals surface area contributed by atoms with Crippen LogP contribution in [0.4, 0.5) is 0 Å². The Bertz CT molecular complexity index is 784. The van der Waals surface area contributed by atoms with Crippen LogP contribution < -0.4 is 0 Å². The third kappa shape index (κ3) is 5.40. The van der Waals surface area contributed by atoms with Crippen LogP contribution in [0.5, 0.6) is 0 Å². The first-order chi connectivity index (χ1) is 12.7. The molecule has 0 saturated heterocycles. The second-order valence-electron chi connectivity index (χ2n) is 7.47. The van der Waals surface area contributed by atoms with Gasteiger partial charge in [0, 0.05) is 5.56 Å². The van der Waals surface area contributed by atoms with Gasteiger partial charge in [-0.15, -0.1) is 0 Å². The molecule has 4 nitrogen and oxygen atoms in total. The maximum atomic E-state index is 13.2. The van der Waals surface area contributed by atoms with Gasteiger partial charge in [-0.05, 0) is 41.5 Å². The molecule has 2 aromatic rings. The summed E-state index contributed by atoms with van der Waals surface area (Å²) in [6.07, 6.45) is 0. The van der Waals surface area contributed by atoms with Crippen LogP contribution in [0.15, 0.2) is 42.5 Å². The Morgan fingerprint density at radius 2 is 1.44 bits per heavy atom. The summed E-state index contributed by atoms with van der Waals surface area (Å²) in [5.41, 5.74) is 4.20. The van der Waals surface area contributed by atoms with E-state index >= 15 is 0 Å². The van der Waals surface area contributed by atoms with Crippen LogP contribution in [0.1, 0.15) is 59.3 Å². The number of esters is 1. The lowest BCUT2D eigenvalue weighted by Crippen LogP contribution is -2.25. The molecule has 0 N–H and O–H groups in total. The van der Waals surface area contributed by atoms with Crippen LogP contribution in [0.2, 0.25) is 0 Å². The highest BCUT2D eigenvalue weighted by Gasteiger charge is 2.32. The summed E-state index contributed by atoms with van der Waals surface area (Å²) >= 11 is 0. The Morgan fingerprint density at radius 1 is 0.963 bits per heavy atom. The third-order valence-electron chi connectivity index (χ3n) is 4.48. The monoisotopic (exact) mass is 388 g/mol. The number of ether oxygens (including phenoxy) is 1. The van der Waals surface area contributed by atoms with E-state index in [2.05, 4.69) is 20.8 Å². The van der Waals surface area contributed by atoms with E-state index in [1.807, 2.05) is 44.2 Å². The molecule has 2 unspecified atom stereocenters. The van der Waals surface area contributed by atoms with Crippen molar-refractivity contribution >= 4 is 20.9 Å². The van der Waals surface area contributed by atoms with Crippen molar-refractivity contribution in [1.82, 2.24) is 0 Å². The lowest BCUT2D eigenvalue weighted by atomic mass is 9.81. The van der Waals surface area contributed by atoms with E-state index in [0.29, 0.717) is 20.2 Å². The van der Waals surface area contributed by atoms with Gasteiger partial charge in [-0.3, -0.25) is 9.59 Å². The normalized spacial score (nSPS) is 11.9. The maximum absolute atomic E-state index is 13.2. The zero-order valence-electron chi connectivity index (χ0n) is 17.0. The van der Waals surface area contributed by atoms with Gasteiger partial charge in [0.2, 0.25) is 0 Å². The fourth-order valence-electron chi connectivity index (χ4n) is 3.09. The van der Waals surface area contributed by atoms with E-state index in [1.165, 1.54) is 12.7 Å². The van der Waals surface area contributed by atoms with E-state index in [4.69, 9.17) is 9.30 Å². The molecule has 0 bridgehead atoms. The van der Waals surface area contributed by atoms with Gasteiger partial charge in [0.25, 0.3) is 0 Å². The minimum absolute atomic E-state index is 0.00171. The highest BCUT2D eigenvalue weighted by Crippen LogP contribution is 2.30. The number of benzene rings is 2. The molecule has 0 fully saturated rings. The molecule has 5 heteroatoms. The predicted molar refractivity (Wildman–Crippen MR) is 112 cm³/mol.